The van der Waals surface area contributed by atoms with Gasteiger partial charge in [0.05, 0.1) is 11.5 Å². The van der Waals surface area contributed by atoms with E-state index in [4.69, 9.17) is 5.11 Å². The second kappa shape index (κ2) is 5.36. The van der Waals surface area contributed by atoms with E-state index in [1.807, 2.05) is 32.2 Å². The van der Waals surface area contributed by atoms with Crippen molar-refractivity contribution in [2.45, 2.75) is 32.2 Å². The van der Waals surface area contributed by atoms with E-state index in [0.717, 1.165) is 27.5 Å². The largest absolute Gasteiger partial charge is 0.396 e. The average Bonchev–Trinajstić information content (AvgIpc) is 2.75. The van der Waals surface area contributed by atoms with Crippen LogP contribution in [0.25, 0.3) is 10.9 Å². The first-order chi connectivity index (χ1) is 8.99. The Kier molecular flexibility index (Phi) is 3.98. The van der Waals surface area contributed by atoms with Crippen LogP contribution in [-0.2, 0) is 12.0 Å². The van der Waals surface area contributed by atoms with Crippen LogP contribution in [0.2, 0.25) is 0 Å². The van der Waals surface area contributed by atoms with E-state index in [9.17, 15) is 5.26 Å². The Morgan fingerprint density at radius 3 is 2.79 bits per heavy atom. The highest BCUT2D eigenvalue weighted by Crippen LogP contribution is 2.33. The van der Waals surface area contributed by atoms with Crippen LogP contribution in [0, 0.1) is 11.3 Å². The van der Waals surface area contributed by atoms with E-state index in [2.05, 4.69) is 32.6 Å². The molecule has 1 heterocycles. The van der Waals surface area contributed by atoms with Crippen molar-refractivity contribution in [2.75, 3.05) is 6.61 Å². The van der Waals surface area contributed by atoms with Crippen molar-refractivity contribution >= 4 is 26.8 Å². The Morgan fingerprint density at radius 1 is 1.42 bits per heavy atom. The van der Waals surface area contributed by atoms with E-state index >= 15 is 0 Å². The van der Waals surface area contributed by atoms with Gasteiger partial charge in [0.1, 0.15) is 0 Å². The van der Waals surface area contributed by atoms with Crippen LogP contribution < -0.4 is 0 Å². The second-order valence-corrected chi connectivity index (χ2v) is 6.13. The fraction of sp³-hybridized carbons (Fsp3) is 0.400. The number of aliphatic hydroxyl groups is 1. The van der Waals surface area contributed by atoms with Gasteiger partial charge in [-0.2, -0.15) is 5.26 Å². The molecule has 1 aromatic carbocycles. The summed E-state index contributed by atoms with van der Waals surface area (Å²) >= 11 is 3.48. The van der Waals surface area contributed by atoms with Crippen molar-refractivity contribution in [3.8, 4) is 6.07 Å². The molecule has 0 aliphatic carbocycles. The highest BCUT2D eigenvalue weighted by molar-refractivity contribution is 9.10. The van der Waals surface area contributed by atoms with Crippen LogP contribution in [0.15, 0.2) is 28.9 Å². The SMILES string of the molecule is CC(C)(C#N)c1cn(CCCO)c2cc(Br)ccc12. The Hall–Kier alpha value is -1.31. The molecule has 2 aromatic rings. The first-order valence-corrected chi connectivity index (χ1v) is 7.10. The first kappa shape index (κ1) is 14.1. The third kappa shape index (κ3) is 2.68. The first-order valence-electron chi connectivity index (χ1n) is 6.30. The van der Waals surface area contributed by atoms with Gasteiger partial charge in [0, 0.05) is 34.7 Å². The lowest BCUT2D eigenvalue weighted by molar-refractivity contribution is 0.280. The standard InChI is InChI=1S/C15H17BrN2O/c1-15(2,10-17)13-9-18(6-3-7-19)14-8-11(16)4-5-12(13)14/h4-5,8-9,19H,3,6-7H2,1-2H3. The predicted molar refractivity (Wildman–Crippen MR) is 80.0 cm³/mol. The number of aliphatic hydroxyl groups excluding tert-OH is 1. The van der Waals surface area contributed by atoms with Gasteiger partial charge in [-0.3, -0.25) is 0 Å². The zero-order valence-corrected chi connectivity index (χ0v) is 12.7. The quantitative estimate of drug-likeness (QED) is 0.935. The molecule has 2 rings (SSSR count). The minimum Gasteiger partial charge on any atom is -0.396 e. The summed E-state index contributed by atoms with van der Waals surface area (Å²) in [5, 5.41) is 19.4. The number of halogens is 1. The van der Waals surface area contributed by atoms with Gasteiger partial charge in [-0.1, -0.05) is 22.0 Å². The van der Waals surface area contributed by atoms with Gasteiger partial charge in [-0.15, -0.1) is 0 Å². The number of nitrogens with zero attached hydrogens (tertiary/aromatic N) is 2. The molecule has 3 nitrogen and oxygen atoms in total. The number of hydrogen-bond donors (Lipinski definition) is 1. The van der Waals surface area contributed by atoms with Gasteiger partial charge < -0.3 is 9.67 Å². The van der Waals surface area contributed by atoms with Gasteiger partial charge in [0.2, 0.25) is 0 Å². The van der Waals surface area contributed by atoms with E-state index < -0.39 is 5.41 Å². The van der Waals surface area contributed by atoms with Gasteiger partial charge >= 0.3 is 0 Å². The fourth-order valence-electron chi connectivity index (χ4n) is 2.25. The summed E-state index contributed by atoms with van der Waals surface area (Å²) in [6, 6.07) is 8.46. The highest BCUT2D eigenvalue weighted by Gasteiger charge is 2.24. The van der Waals surface area contributed by atoms with E-state index in [-0.39, 0.29) is 6.61 Å². The minimum atomic E-state index is -0.517. The third-order valence-corrected chi connectivity index (χ3v) is 3.85. The van der Waals surface area contributed by atoms with Crippen LogP contribution in [0.3, 0.4) is 0 Å². The molecule has 0 unspecified atom stereocenters. The van der Waals surface area contributed by atoms with Gasteiger partial charge in [0.15, 0.2) is 0 Å². The molecule has 0 bridgehead atoms. The fourth-order valence-corrected chi connectivity index (χ4v) is 2.60. The maximum absolute atomic E-state index is 9.34. The molecule has 19 heavy (non-hydrogen) atoms. The summed E-state index contributed by atoms with van der Waals surface area (Å²) < 4.78 is 3.13. The molecule has 0 aliphatic rings. The molecule has 0 saturated carbocycles. The molecule has 1 N–H and O–H groups in total. The Balaban J connectivity index is 2.63. The van der Waals surface area contributed by atoms with Crippen LogP contribution in [-0.4, -0.2) is 16.3 Å². The van der Waals surface area contributed by atoms with Crippen LogP contribution >= 0.6 is 15.9 Å². The topological polar surface area (TPSA) is 49.0 Å². The van der Waals surface area contributed by atoms with E-state index in [1.54, 1.807) is 0 Å². The summed E-state index contributed by atoms with van der Waals surface area (Å²) in [6.45, 7) is 4.79. The number of benzene rings is 1. The van der Waals surface area contributed by atoms with Crippen molar-refractivity contribution in [3.63, 3.8) is 0 Å². The molecule has 0 radical (unpaired) electrons. The normalized spacial score (nSPS) is 11.7. The van der Waals surface area contributed by atoms with Crippen molar-refractivity contribution in [1.29, 1.82) is 5.26 Å². The number of hydrogen-bond acceptors (Lipinski definition) is 2. The molecule has 0 amide bonds. The number of nitriles is 1. The number of aryl methyl sites for hydroxylation is 1. The smallest absolute Gasteiger partial charge is 0.0787 e. The summed E-state index contributed by atoms with van der Waals surface area (Å²) in [5.41, 5.74) is 1.62. The molecule has 0 fully saturated rings. The average molecular weight is 321 g/mol. The lowest BCUT2D eigenvalue weighted by Gasteiger charge is -2.13. The van der Waals surface area contributed by atoms with Crippen LogP contribution in [0.1, 0.15) is 25.8 Å². The minimum absolute atomic E-state index is 0.171. The predicted octanol–water partition coefficient (Wildman–Crippen LogP) is 3.59. The van der Waals surface area contributed by atoms with E-state index in [1.165, 1.54) is 0 Å². The molecular weight excluding hydrogens is 304 g/mol. The van der Waals surface area contributed by atoms with Crippen molar-refractivity contribution in [1.82, 2.24) is 4.57 Å². The molecular formula is C15H17BrN2O. The van der Waals surface area contributed by atoms with Gasteiger partial charge in [-0.05, 0) is 38.0 Å². The van der Waals surface area contributed by atoms with Crippen molar-refractivity contribution < 1.29 is 5.11 Å². The Morgan fingerprint density at radius 2 is 2.16 bits per heavy atom. The lowest BCUT2D eigenvalue weighted by atomic mass is 9.86. The van der Waals surface area contributed by atoms with Crippen molar-refractivity contribution in [2.24, 2.45) is 0 Å². The molecule has 0 atom stereocenters. The molecule has 0 spiro atoms. The summed E-state index contributed by atoms with van der Waals surface area (Å²) in [6.07, 6.45) is 2.75. The monoisotopic (exact) mass is 320 g/mol. The molecule has 0 aliphatic heterocycles. The maximum atomic E-state index is 9.34. The number of rotatable bonds is 4. The van der Waals surface area contributed by atoms with Crippen molar-refractivity contribution in [3.05, 3.63) is 34.4 Å². The molecule has 0 saturated heterocycles. The summed E-state index contributed by atoms with van der Waals surface area (Å²) in [4.78, 5) is 0. The summed E-state index contributed by atoms with van der Waals surface area (Å²) in [5.74, 6) is 0. The number of aromatic nitrogens is 1. The van der Waals surface area contributed by atoms with Crippen LogP contribution in [0.5, 0.6) is 0 Å². The zero-order chi connectivity index (χ0) is 14.0. The Labute approximate surface area is 121 Å². The second-order valence-electron chi connectivity index (χ2n) is 5.21. The zero-order valence-electron chi connectivity index (χ0n) is 11.2. The summed E-state index contributed by atoms with van der Waals surface area (Å²) in [7, 11) is 0. The molecule has 4 heteroatoms. The van der Waals surface area contributed by atoms with Gasteiger partial charge in [0.25, 0.3) is 0 Å². The molecule has 100 valence electrons. The Bertz CT molecular complexity index is 637. The lowest BCUT2D eigenvalue weighted by Crippen LogP contribution is -2.13. The van der Waals surface area contributed by atoms with Gasteiger partial charge in [-0.25, -0.2) is 0 Å². The molecule has 1 aromatic heterocycles. The highest BCUT2D eigenvalue weighted by atomic mass is 79.9. The maximum Gasteiger partial charge on any atom is 0.0787 e. The van der Waals surface area contributed by atoms with Crippen LogP contribution in [0.4, 0.5) is 0 Å². The third-order valence-electron chi connectivity index (χ3n) is 3.35. The number of fused-ring (bicyclic) bond motifs is 1. The van der Waals surface area contributed by atoms with E-state index in [0.29, 0.717) is 6.42 Å².